The van der Waals surface area contributed by atoms with Crippen LogP contribution in [-0.4, -0.2) is 66.5 Å². The summed E-state index contributed by atoms with van der Waals surface area (Å²) in [6, 6.07) is 13.3. The molecule has 6 rings (SSSR count). The molecule has 11 heteroatoms. The lowest BCUT2D eigenvalue weighted by atomic mass is 9.82. The van der Waals surface area contributed by atoms with Gasteiger partial charge in [-0.05, 0) is 79.1 Å². The number of hydrogen-bond acceptors (Lipinski definition) is 5. The minimum Gasteiger partial charge on any atom is -0.496 e. The second-order valence-electron chi connectivity index (χ2n) is 12.4. The number of ether oxygens (including phenoxy) is 2. The first-order valence-corrected chi connectivity index (χ1v) is 15.9. The van der Waals surface area contributed by atoms with Gasteiger partial charge < -0.3 is 24.6 Å². The fourth-order valence-corrected chi connectivity index (χ4v) is 6.55. The molecule has 248 valence electrons. The van der Waals surface area contributed by atoms with E-state index in [0.717, 1.165) is 35.6 Å². The summed E-state index contributed by atoms with van der Waals surface area (Å²) in [6.07, 6.45) is 3.23. The number of methoxy groups -OCH3 is 1. The number of aryl methyl sites for hydroxylation is 1. The average Bonchev–Trinajstić information content (AvgIpc) is 3.90. The van der Waals surface area contributed by atoms with Crippen LogP contribution in [-0.2, 0) is 22.6 Å². The van der Waals surface area contributed by atoms with Crippen LogP contribution < -0.4 is 14.8 Å². The minimum atomic E-state index is -1.35. The lowest BCUT2D eigenvalue weighted by molar-refractivity contribution is -0.132. The van der Waals surface area contributed by atoms with Gasteiger partial charge in [0.2, 0.25) is 11.7 Å². The molecule has 1 N–H and O–H groups in total. The monoisotopic (exact) mass is 651 g/mol. The van der Waals surface area contributed by atoms with E-state index in [-0.39, 0.29) is 43.1 Å². The van der Waals surface area contributed by atoms with Gasteiger partial charge in [0.1, 0.15) is 11.6 Å². The van der Waals surface area contributed by atoms with Crippen molar-refractivity contribution in [2.75, 3.05) is 26.8 Å². The highest BCUT2D eigenvalue weighted by molar-refractivity contribution is 6.03. The van der Waals surface area contributed by atoms with Crippen molar-refractivity contribution >= 4 is 17.4 Å². The van der Waals surface area contributed by atoms with Crippen LogP contribution in [0.15, 0.2) is 60.2 Å². The highest BCUT2D eigenvalue weighted by Crippen LogP contribution is 2.38. The number of hydrogen-bond donors (Lipinski definition) is 1. The quantitative estimate of drug-likeness (QED) is 0.161. The number of carbonyl (C=O) groups excluding carboxylic acids is 2. The number of nitrogens with zero attached hydrogens (tertiary/aromatic N) is 2. The number of halogens is 4. The molecule has 2 unspecified atom stereocenters. The Kier molecular flexibility index (Phi) is 9.54. The third kappa shape index (κ3) is 7.15. The zero-order valence-electron chi connectivity index (χ0n) is 26.3. The first kappa shape index (κ1) is 32.6. The summed E-state index contributed by atoms with van der Waals surface area (Å²) < 4.78 is 66.2. The van der Waals surface area contributed by atoms with Gasteiger partial charge in [0, 0.05) is 43.2 Å². The van der Waals surface area contributed by atoms with E-state index >= 15 is 0 Å². The maximum Gasteiger partial charge on any atom is 0.252 e. The van der Waals surface area contributed by atoms with Gasteiger partial charge in [0.05, 0.1) is 26.3 Å². The Morgan fingerprint density at radius 2 is 1.72 bits per heavy atom. The Morgan fingerprint density at radius 3 is 2.43 bits per heavy atom. The van der Waals surface area contributed by atoms with Gasteiger partial charge in [-0.1, -0.05) is 24.3 Å². The Balaban J connectivity index is 1.24. The molecule has 1 saturated heterocycles. The zero-order chi connectivity index (χ0) is 33.2. The molecular formula is C36H37F4N3O4. The summed E-state index contributed by atoms with van der Waals surface area (Å²) in [7, 11) is 1.52. The molecule has 2 atom stereocenters. The van der Waals surface area contributed by atoms with Crippen molar-refractivity contribution in [3.8, 4) is 11.5 Å². The molecule has 2 amide bonds. The maximum atomic E-state index is 14.6. The molecule has 0 aromatic heterocycles. The molecule has 1 aliphatic carbocycles. The van der Waals surface area contributed by atoms with Crippen LogP contribution in [0.25, 0.3) is 5.57 Å². The Bertz CT molecular complexity index is 1690. The van der Waals surface area contributed by atoms with Crippen LogP contribution in [0, 0.1) is 23.3 Å². The van der Waals surface area contributed by atoms with E-state index in [4.69, 9.17) is 9.47 Å². The third-order valence-electron chi connectivity index (χ3n) is 9.07. The van der Waals surface area contributed by atoms with Crippen LogP contribution in [0.4, 0.5) is 17.6 Å². The highest BCUT2D eigenvalue weighted by Gasteiger charge is 2.43. The van der Waals surface area contributed by atoms with E-state index in [0.29, 0.717) is 55.3 Å². The fraction of sp³-hybridized carbons (Fsp3) is 0.389. The molecular weight excluding hydrogens is 614 g/mol. The number of benzene rings is 3. The van der Waals surface area contributed by atoms with Crippen LogP contribution >= 0.6 is 0 Å². The summed E-state index contributed by atoms with van der Waals surface area (Å²) in [5.74, 6) is -4.29. The highest BCUT2D eigenvalue weighted by atomic mass is 19.2. The molecule has 2 bridgehead atoms. The van der Waals surface area contributed by atoms with Gasteiger partial charge in [-0.3, -0.25) is 9.59 Å². The number of amides is 2. The van der Waals surface area contributed by atoms with Gasteiger partial charge in [-0.2, -0.15) is 4.39 Å². The lowest BCUT2D eigenvalue weighted by Crippen LogP contribution is -2.61. The Hall–Kier alpha value is -4.38. The number of carbonyl (C=O) groups is 2. The van der Waals surface area contributed by atoms with Crippen LogP contribution in [0.3, 0.4) is 0 Å². The molecule has 2 fully saturated rings. The standard InChI is InChI=1S/C36H37F4N3O4/c1-21(44)42-19-26-17-28(23-7-5-22(6-8-23)4-3-15-47-35-30(39)13-12-29(38)34(35)40)33(31(20-42)41-26)36(45)43(27-10-11-27)18-24-16-25(37)9-14-32(24)46-2/h5-9,12-14,16,26-27,31,41H,3-4,10-11,15,17-20H2,1-2H3. The summed E-state index contributed by atoms with van der Waals surface area (Å²) in [6.45, 7) is 2.63. The van der Waals surface area contributed by atoms with Gasteiger partial charge >= 0.3 is 0 Å². The molecule has 2 heterocycles. The van der Waals surface area contributed by atoms with E-state index in [1.54, 1.807) is 15.9 Å². The number of rotatable bonds is 11. The molecule has 0 radical (unpaired) electrons. The van der Waals surface area contributed by atoms with E-state index in [1.165, 1.54) is 26.2 Å². The molecule has 47 heavy (non-hydrogen) atoms. The lowest BCUT2D eigenvalue weighted by Gasteiger charge is -2.44. The SMILES string of the molecule is COc1ccc(F)cc1CN(C(=O)C1=C(c2ccc(CCCOc3c(F)ccc(F)c3F)cc2)CC2CN(C(C)=O)CC1N2)C1CC1. The molecule has 7 nitrogen and oxygen atoms in total. The predicted molar refractivity (Wildman–Crippen MR) is 168 cm³/mol. The summed E-state index contributed by atoms with van der Waals surface area (Å²) in [5, 5.41) is 3.57. The first-order valence-electron chi connectivity index (χ1n) is 15.9. The second kappa shape index (κ2) is 13.8. The summed E-state index contributed by atoms with van der Waals surface area (Å²) >= 11 is 0. The van der Waals surface area contributed by atoms with Gasteiger partial charge in [-0.25, -0.2) is 13.2 Å². The summed E-state index contributed by atoms with van der Waals surface area (Å²) in [4.78, 5) is 30.5. The van der Waals surface area contributed by atoms with E-state index in [1.807, 2.05) is 24.3 Å². The second-order valence-corrected chi connectivity index (χ2v) is 12.4. The topological polar surface area (TPSA) is 71.1 Å². The van der Waals surface area contributed by atoms with Crippen molar-refractivity contribution in [2.45, 2.75) is 63.7 Å². The van der Waals surface area contributed by atoms with Crippen LogP contribution in [0.2, 0.25) is 0 Å². The molecule has 3 aromatic carbocycles. The van der Waals surface area contributed by atoms with E-state index in [9.17, 15) is 27.2 Å². The predicted octanol–water partition coefficient (Wildman–Crippen LogP) is 5.80. The Morgan fingerprint density at radius 1 is 0.979 bits per heavy atom. The fourth-order valence-electron chi connectivity index (χ4n) is 6.55. The van der Waals surface area contributed by atoms with Crippen molar-refractivity contribution in [1.82, 2.24) is 15.1 Å². The number of piperazine rings is 1. The molecule has 0 spiro atoms. The third-order valence-corrected chi connectivity index (χ3v) is 9.07. The van der Waals surface area contributed by atoms with Crippen molar-refractivity contribution in [1.29, 1.82) is 0 Å². The number of fused-ring (bicyclic) bond motifs is 2. The summed E-state index contributed by atoms with van der Waals surface area (Å²) in [5.41, 5.74) is 3.96. The van der Waals surface area contributed by atoms with E-state index in [2.05, 4.69) is 5.32 Å². The van der Waals surface area contributed by atoms with Crippen molar-refractivity contribution in [3.63, 3.8) is 0 Å². The van der Waals surface area contributed by atoms with E-state index < -0.39 is 29.0 Å². The largest absolute Gasteiger partial charge is 0.496 e. The number of nitrogens with one attached hydrogen (secondary N) is 1. The first-order chi connectivity index (χ1) is 22.6. The van der Waals surface area contributed by atoms with Crippen molar-refractivity contribution < 1.29 is 36.6 Å². The normalized spacial score (nSPS) is 19.1. The molecule has 3 aromatic rings. The van der Waals surface area contributed by atoms with Crippen molar-refractivity contribution in [2.24, 2.45) is 0 Å². The molecule has 3 aliphatic rings. The Labute approximate surface area is 271 Å². The van der Waals surface area contributed by atoms with Crippen LogP contribution in [0.5, 0.6) is 11.5 Å². The smallest absolute Gasteiger partial charge is 0.252 e. The van der Waals surface area contributed by atoms with Gasteiger partial charge in [0.25, 0.3) is 5.91 Å². The van der Waals surface area contributed by atoms with Gasteiger partial charge in [0.15, 0.2) is 17.4 Å². The van der Waals surface area contributed by atoms with Crippen LogP contribution in [0.1, 0.15) is 49.3 Å². The molecule has 1 saturated carbocycles. The zero-order valence-corrected chi connectivity index (χ0v) is 26.3. The molecule has 2 aliphatic heterocycles. The van der Waals surface area contributed by atoms with Gasteiger partial charge in [-0.15, -0.1) is 0 Å². The average molecular weight is 652 g/mol. The van der Waals surface area contributed by atoms with Crippen molar-refractivity contribution in [3.05, 3.63) is 100 Å². The minimum absolute atomic E-state index is 0.00235. The maximum absolute atomic E-state index is 14.6.